The van der Waals surface area contributed by atoms with Crippen molar-refractivity contribution in [2.24, 2.45) is 5.41 Å². The summed E-state index contributed by atoms with van der Waals surface area (Å²) in [5.41, 5.74) is 0.565. The topological polar surface area (TPSA) is 32.3 Å². The van der Waals surface area contributed by atoms with Gasteiger partial charge in [-0.3, -0.25) is 0 Å². The van der Waals surface area contributed by atoms with E-state index in [1.807, 2.05) is 18.5 Å². The van der Waals surface area contributed by atoms with Crippen molar-refractivity contribution in [2.45, 2.75) is 6.92 Å². The molecule has 1 aromatic rings. The maximum Gasteiger partial charge on any atom is 0.225 e. The van der Waals surface area contributed by atoms with E-state index < -0.39 is 0 Å². The second kappa shape index (κ2) is 3.17. The van der Waals surface area contributed by atoms with E-state index in [1.165, 1.54) is 19.6 Å². The van der Waals surface area contributed by atoms with E-state index in [0.717, 1.165) is 19.0 Å². The molecule has 1 aromatic heterocycles. The van der Waals surface area contributed by atoms with Gasteiger partial charge in [-0.05, 0) is 12.6 Å². The monoisotopic (exact) mass is 204 g/mol. The van der Waals surface area contributed by atoms with Crippen LogP contribution in [0.2, 0.25) is 0 Å². The Bertz CT molecular complexity index is 337. The van der Waals surface area contributed by atoms with Crippen molar-refractivity contribution < 1.29 is 0 Å². The van der Waals surface area contributed by atoms with Gasteiger partial charge in [-0.25, -0.2) is 9.97 Å². The van der Waals surface area contributed by atoms with Gasteiger partial charge in [-0.15, -0.1) is 0 Å². The molecule has 0 aromatic carbocycles. The fraction of sp³-hybridized carbons (Fsp3) is 0.636. The average Bonchev–Trinajstić information content (AvgIpc) is 2.16. The lowest BCUT2D eigenvalue weighted by molar-refractivity contribution is -0.0185. The summed E-state index contributed by atoms with van der Waals surface area (Å²) >= 11 is 0. The molecule has 4 nitrogen and oxygen atoms in total. The van der Waals surface area contributed by atoms with Crippen LogP contribution in [0.1, 0.15) is 6.92 Å². The summed E-state index contributed by atoms with van der Waals surface area (Å²) in [6, 6.07) is 1.86. The molecule has 15 heavy (non-hydrogen) atoms. The number of aromatic nitrogens is 2. The number of likely N-dealkylation sites (tertiary alicyclic amines) is 1. The molecule has 4 heteroatoms. The predicted molar refractivity (Wildman–Crippen MR) is 58.8 cm³/mol. The van der Waals surface area contributed by atoms with Crippen LogP contribution in [-0.2, 0) is 0 Å². The van der Waals surface area contributed by atoms with Crippen molar-refractivity contribution in [1.82, 2.24) is 14.9 Å². The van der Waals surface area contributed by atoms with E-state index >= 15 is 0 Å². The van der Waals surface area contributed by atoms with Crippen molar-refractivity contribution >= 4 is 5.95 Å². The Labute approximate surface area is 89.9 Å². The second-order valence-electron chi connectivity index (χ2n) is 4.71. The molecule has 80 valence electrons. The Kier molecular flexibility index (Phi) is 1.92. The normalized spacial score (nSPS) is 23.7. The lowest BCUT2D eigenvalue weighted by Gasteiger charge is -2.60. The maximum atomic E-state index is 4.27. The molecule has 2 saturated heterocycles. The summed E-state index contributed by atoms with van der Waals surface area (Å²) < 4.78 is 0. The minimum atomic E-state index is 0.565. The van der Waals surface area contributed by atoms with Crippen LogP contribution in [0.3, 0.4) is 0 Å². The zero-order valence-electron chi connectivity index (χ0n) is 9.06. The summed E-state index contributed by atoms with van der Waals surface area (Å²) in [6.07, 6.45) is 3.62. The molecule has 3 heterocycles. The van der Waals surface area contributed by atoms with E-state index in [4.69, 9.17) is 0 Å². The van der Waals surface area contributed by atoms with E-state index in [1.54, 1.807) is 0 Å². The van der Waals surface area contributed by atoms with Crippen molar-refractivity contribution in [3.63, 3.8) is 0 Å². The van der Waals surface area contributed by atoms with Gasteiger partial charge in [0.25, 0.3) is 0 Å². The van der Waals surface area contributed by atoms with Gasteiger partial charge in [-0.2, -0.15) is 0 Å². The van der Waals surface area contributed by atoms with Crippen molar-refractivity contribution in [2.75, 3.05) is 37.6 Å². The van der Waals surface area contributed by atoms with Gasteiger partial charge in [0.05, 0.1) is 0 Å². The first-order valence-electron chi connectivity index (χ1n) is 5.56. The Morgan fingerprint density at radius 1 is 1.20 bits per heavy atom. The number of rotatable bonds is 2. The molecular weight excluding hydrogens is 188 g/mol. The molecule has 3 rings (SSSR count). The number of hydrogen-bond donors (Lipinski definition) is 0. The molecule has 0 aliphatic carbocycles. The van der Waals surface area contributed by atoms with Crippen LogP contribution in [0.5, 0.6) is 0 Å². The van der Waals surface area contributed by atoms with Crippen LogP contribution in [0, 0.1) is 5.41 Å². The summed E-state index contributed by atoms with van der Waals surface area (Å²) in [4.78, 5) is 13.3. The fourth-order valence-corrected chi connectivity index (χ4v) is 2.69. The Morgan fingerprint density at radius 2 is 1.87 bits per heavy atom. The summed E-state index contributed by atoms with van der Waals surface area (Å²) in [5.74, 6) is 0.887. The van der Waals surface area contributed by atoms with Crippen LogP contribution >= 0.6 is 0 Å². The summed E-state index contributed by atoms with van der Waals surface area (Å²) in [6.45, 7) is 8.19. The number of anilines is 1. The van der Waals surface area contributed by atoms with Crippen LogP contribution in [0.25, 0.3) is 0 Å². The molecule has 0 N–H and O–H groups in total. The smallest absolute Gasteiger partial charge is 0.225 e. The first-order chi connectivity index (χ1) is 7.31. The van der Waals surface area contributed by atoms with E-state index in [2.05, 4.69) is 26.7 Å². The Morgan fingerprint density at radius 3 is 2.47 bits per heavy atom. The number of nitrogens with zero attached hydrogens (tertiary/aromatic N) is 4. The third kappa shape index (κ3) is 1.40. The lowest BCUT2D eigenvalue weighted by Crippen LogP contribution is -2.72. The molecule has 0 unspecified atom stereocenters. The zero-order valence-corrected chi connectivity index (χ0v) is 9.06. The molecule has 2 aliphatic rings. The first-order valence-corrected chi connectivity index (χ1v) is 5.56. The van der Waals surface area contributed by atoms with Crippen molar-refractivity contribution in [3.8, 4) is 0 Å². The largest absolute Gasteiger partial charge is 0.339 e. The Hall–Kier alpha value is -1.16. The van der Waals surface area contributed by atoms with Crippen LogP contribution < -0.4 is 4.90 Å². The standard InChI is InChI=1S/C11H16N4/c1-2-14-6-11(7-14)8-15(9-11)10-12-4-3-5-13-10/h3-5H,2,6-9H2,1H3. The van der Waals surface area contributed by atoms with Crippen molar-refractivity contribution in [3.05, 3.63) is 18.5 Å². The van der Waals surface area contributed by atoms with Gasteiger partial charge in [-0.1, -0.05) is 6.92 Å². The molecule has 2 fully saturated rings. The number of hydrogen-bond acceptors (Lipinski definition) is 4. The second-order valence-corrected chi connectivity index (χ2v) is 4.71. The van der Waals surface area contributed by atoms with E-state index in [0.29, 0.717) is 5.41 Å². The molecule has 1 spiro atoms. The quantitative estimate of drug-likeness (QED) is 0.707. The summed E-state index contributed by atoms with van der Waals surface area (Å²) in [7, 11) is 0. The van der Waals surface area contributed by atoms with Gasteiger partial charge < -0.3 is 9.80 Å². The molecule has 0 amide bonds. The fourth-order valence-electron chi connectivity index (χ4n) is 2.69. The molecule has 0 atom stereocenters. The van der Waals surface area contributed by atoms with E-state index in [9.17, 15) is 0 Å². The summed E-state index contributed by atoms with van der Waals surface area (Å²) in [5, 5.41) is 0. The highest BCUT2D eigenvalue weighted by molar-refractivity contribution is 5.37. The first kappa shape index (κ1) is 9.09. The van der Waals surface area contributed by atoms with Gasteiger partial charge in [0.1, 0.15) is 0 Å². The van der Waals surface area contributed by atoms with Gasteiger partial charge in [0.2, 0.25) is 5.95 Å². The minimum absolute atomic E-state index is 0.565. The predicted octanol–water partition coefficient (Wildman–Crippen LogP) is 0.618. The average molecular weight is 204 g/mol. The lowest BCUT2D eigenvalue weighted by atomic mass is 9.73. The highest BCUT2D eigenvalue weighted by Crippen LogP contribution is 2.40. The third-order valence-corrected chi connectivity index (χ3v) is 3.45. The maximum absolute atomic E-state index is 4.27. The van der Waals surface area contributed by atoms with Crippen LogP contribution in [-0.4, -0.2) is 47.6 Å². The molecule has 0 radical (unpaired) electrons. The minimum Gasteiger partial charge on any atom is -0.339 e. The molecular formula is C11H16N4. The third-order valence-electron chi connectivity index (χ3n) is 3.45. The van der Waals surface area contributed by atoms with Crippen LogP contribution in [0.4, 0.5) is 5.95 Å². The van der Waals surface area contributed by atoms with Crippen LogP contribution in [0.15, 0.2) is 18.5 Å². The molecule has 2 aliphatic heterocycles. The zero-order chi connectivity index (χ0) is 10.3. The highest BCUT2D eigenvalue weighted by atomic mass is 15.4. The van der Waals surface area contributed by atoms with Crippen molar-refractivity contribution in [1.29, 1.82) is 0 Å². The molecule has 0 bridgehead atoms. The van der Waals surface area contributed by atoms with Gasteiger partial charge in [0, 0.05) is 44.0 Å². The van der Waals surface area contributed by atoms with E-state index in [-0.39, 0.29) is 0 Å². The Balaban J connectivity index is 1.59. The highest BCUT2D eigenvalue weighted by Gasteiger charge is 2.51. The molecule has 0 saturated carbocycles. The van der Waals surface area contributed by atoms with Gasteiger partial charge in [0.15, 0.2) is 0 Å². The SMILES string of the molecule is CCN1CC2(C1)CN(c1ncccn1)C2. The van der Waals surface area contributed by atoms with Gasteiger partial charge >= 0.3 is 0 Å².